The fourth-order valence-corrected chi connectivity index (χ4v) is 8.21. The predicted molar refractivity (Wildman–Crippen MR) is 127 cm³/mol. The Bertz CT molecular complexity index is 848. The quantitative estimate of drug-likeness (QED) is 0.557. The highest BCUT2D eigenvalue weighted by atomic mass is 16.5. The van der Waals surface area contributed by atoms with Gasteiger partial charge in [-0.3, -0.25) is 9.59 Å². The second kappa shape index (κ2) is 8.87. The fraction of sp³-hybridized carbons (Fsp3) is 0.786. The molecule has 5 aliphatic rings. The van der Waals surface area contributed by atoms with Crippen LogP contribution in [0, 0.1) is 28.6 Å². The molecular weight excluding hydrogens is 416 g/mol. The summed E-state index contributed by atoms with van der Waals surface area (Å²) in [5.41, 5.74) is 0.371. The van der Waals surface area contributed by atoms with Gasteiger partial charge >= 0.3 is 0 Å². The number of fused-ring (bicyclic) bond motifs is 5. The smallest absolute Gasteiger partial charge is 0.300 e. The minimum atomic E-state index is -1.11. The summed E-state index contributed by atoms with van der Waals surface area (Å²) >= 11 is 0. The van der Waals surface area contributed by atoms with Crippen LogP contribution in [-0.2, 0) is 14.3 Å². The van der Waals surface area contributed by atoms with Crippen molar-refractivity contribution >= 4 is 11.8 Å². The first-order chi connectivity index (χ1) is 15.5. The predicted octanol–water partition coefficient (Wildman–Crippen LogP) is 5.81. The first kappa shape index (κ1) is 24.5. The van der Waals surface area contributed by atoms with E-state index in [2.05, 4.69) is 26.0 Å². The van der Waals surface area contributed by atoms with Crippen molar-refractivity contribution in [2.45, 2.75) is 110 Å². The van der Waals surface area contributed by atoms with E-state index in [0.29, 0.717) is 30.3 Å². The summed E-state index contributed by atoms with van der Waals surface area (Å²) in [6.07, 6.45) is 17.5. The normalized spacial score (nSPS) is 42.0. The zero-order chi connectivity index (χ0) is 24.0. The third-order valence-electron chi connectivity index (χ3n) is 10.1. The van der Waals surface area contributed by atoms with Crippen LogP contribution in [0.5, 0.6) is 0 Å². The maximum absolute atomic E-state index is 12.4. The molecule has 5 rings (SSSR count). The molecule has 3 fully saturated rings. The van der Waals surface area contributed by atoms with E-state index in [4.69, 9.17) is 14.6 Å². The molecule has 0 spiro atoms. The number of Topliss-reactive ketones (excluding diaryl/α,β-unsaturated/α-hetero) is 1. The highest BCUT2D eigenvalue weighted by molar-refractivity contribution is 5.86. The number of ether oxygens (including phenoxy) is 1. The van der Waals surface area contributed by atoms with E-state index in [9.17, 15) is 9.90 Å². The topological polar surface area (TPSA) is 83.8 Å². The van der Waals surface area contributed by atoms with Crippen LogP contribution < -0.4 is 0 Å². The molecule has 0 aromatic rings. The Morgan fingerprint density at radius 3 is 2.27 bits per heavy atom. The molecule has 0 bridgehead atoms. The third-order valence-corrected chi connectivity index (χ3v) is 10.1. The average molecular weight is 459 g/mol. The molecule has 33 heavy (non-hydrogen) atoms. The summed E-state index contributed by atoms with van der Waals surface area (Å²) in [5, 5.41) is 18.7. The lowest BCUT2D eigenvalue weighted by atomic mass is 9.47. The minimum Gasteiger partial charge on any atom is -0.495 e. The van der Waals surface area contributed by atoms with Gasteiger partial charge in [0.2, 0.25) is 0 Å². The number of hydrogen-bond acceptors (Lipinski definition) is 4. The fourth-order valence-electron chi connectivity index (χ4n) is 8.21. The molecule has 0 heterocycles. The van der Waals surface area contributed by atoms with Crippen LogP contribution in [0.2, 0.25) is 0 Å². The molecule has 3 saturated carbocycles. The molecule has 6 atom stereocenters. The van der Waals surface area contributed by atoms with Crippen molar-refractivity contribution in [2.75, 3.05) is 0 Å². The number of hydrogen-bond donors (Lipinski definition) is 2. The van der Waals surface area contributed by atoms with Gasteiger partial charge in [-0.05, 0) is 106 Å². The number of rotatable bonds is 3. The summed E-state index contributed by atoms with van der Waals surface area (Å²) < 4.78 is 6.37. The Balaban J connectivity index is 0.000000601. The lowest BCUT2D eigenvalue weighted by molar-refractivity contribution is -0.158. The van der Waals surface area contributed by atoms with Crippen molar-refractivity contribution in [3.63, 3.8) is 0 Å². The third kappa shape index (κ3) is 4.09. The van der Waals surface area contributed by atoms with Crippen LogP contribution in [0.15, 0.2) is 23.5 Å². The van der Waals surface area contributed by atoms with Gasteiger partial charge in [0, 0.05) is 18.8 Å². The number of carboxylic acids is 1. The second-order valence-electron chi connectivity index (χ2n) is 11.8. The van der Waals surface area contributed by atoms with Crippen LogP contribution in [-0.4, -0.2) is 33.7 Å². The molecule has 2 N–H and O–H groups in total. The summed E-state index contributed by atoms with van der Waals surface area (Å²) in [5.74, 6) is 2.09. The van der Waals surface area contributed by atoms with Crippen LogP contribution in [0.4, 0.5) is 0 Å². The summed E-state index contributed by atoms with van der Waals surface area (Å²) in [6.45, 7) is 7.36. The number of aliphatic carboxylic acids is 1. The lowest BCUT2D eigenvalue weighted by Crippen LogP contribution is -2.56. The van der Waals surface area contributed by atoms with Crippen molar-refractivity contribution in [2.24, 2.45) is 28.6 Å². The molecule has 0 radical (unpaired) electrons. The Kier molecular flexibility index (Phi) is 6.58. The zero-order valence-corrected chi connectivity index (χ0v) is 20.9. The number of ketones is 1. The van der Waals surface area contributed by atoms with E-state index in [0.717, 1.165) is 39.0 Å². The van der Waals surface area contributed by atoms with Crippen molar-refractivity contribution in [1.29, 1.82) is 0 Å². The molecule has 0 aromatic heterocycles. The molecule has 5 heteroatoms. The molecule has 5 aliphatic carbocycles. The first-order valence-electron chi connectivity index (χ1n) is 13.0. The van der Waals surface area contributed by atoms with Gasteiger partial charge in [0.1, 0.15) is 5.60 Å². The molecule has 0 aliphatic heterocycles. The Morgan fingerprint density at radius 1 is 1.00 bits per heavy atom. The lowest BCUT2D eigenvalue weighted by Gasteiger charge is -2.57. The zero-order valence-electron chi connectivity index (χ0n) is 20.9. The van der Waals surface area contributed by atoms with Gasteiger partial charge in [0.05, 0.1) is 11.9 Å². The van der Waals surface area contributed by atoms with Gasteiger partial charge in [0.15, 0.2) is 5.78 Å². The van der Waals surface area contributed by atoms with E-state index >= 15 is 0 Å². The molecule has 0 amide bonds. The largest absolute Gasteiger partial charge is 0.495 e. The Morgan fingerprint density at radius 2 is 1.64 bits per heavy atom. The Hall–Kier alpha value is -1.62. The van der Waals surface area contributed by atoms with Crippen LogP contribution in [0.1, 0.15) is 98.3 Å². The van der Waals surface area contributed by atoms with Crippen LogP contribution in [0.25, 0.3) is 0 Å². The number of carboxylic acid groups (broad SMARTS) is 1. The van der Waals surface area contributed by atoms with E-state index < -0.39 is 11.6 Å². The van der Waals surface area contributed by atoms with Crippen LogP contribution >= 0.6 is 0 Å². The first-order valence-corrected chi connectivity index (χ1v) is 13.0. The highest BCUT2D eigenvalue weighted by Crippen LogP contribution is 2.67. The van der Waals surface area contributed by atoms with Crippen molar-refractivity contribution in [3.8, 4) is 0 Å². The number of carbonyl (C=O) groups is 2. The number of carbonyl (C=O) groups excluding carboxylic acids is 1. The van der Waals surface area contributed by atoms with Gasteiger partial charge in [-0.1, -0.05) is 19.9 Å². The molecule has 184 valence electrons. The van der Waals surface area contributed by atoms with Gasteiger partial charge in [-0.15, -0.1) is 0 Å². The molecule has 0 unspecified atom stereocenters. The molecule has 0 aromatic carbocycles. The number of allylic oxidation sites excluding steroid dienone is 4. The Labute approximate surface area is 198 Å². The maximum atomic E-state index is 12.4. The maximum Gasteiger partial charge on any atom is 0.300 e. The van der Waals surface area contributed by atoms with Crippen molar-refractivity contribution < 1.29 is 24.5 Å². The number of aliphatic hydroxyl groups is 1. The monoisotopic (exact) mass is 458 g/mol. The van der Waals surface area contributed by atoms with Crippen LogP contribution in [0.3, 0.4) is 0 Å². The van der Waals surface area contributed by atoms with Crippen molar-refractivity contribution in [1.82, 2.24) is 0 Å². The van der Waals surface area contributed by atoms with Gasteiger partial charge in [-0.25, -0.2) is 0 Å². The molecule has 0 saturated heterocycles. The summed E-state index contributed by atoms with van der Waals surface area (Å²) in [4.78, 5) is 21.4. The minimum absolute atomic E-state index is 0.0199. The van der Waals surface area contributed by atoms with Crippen molar-refractivity contribution in [3.05, 3.63) is 23.5 Å². The second-order valence-corrected chi connectivity index (χ2v) is 11.8. The van der Waals surface area contributed by atoms with E-state index in [-0.39, 0.29) is 16.6 Å². The van der Waals surface area contributed by atoms with Gasteiger partial charge in [-0.2, -0.15) is 0 Å². The average Bonchev–Trinajstić information content (AvgIpc) is 3.34. The highest BCUT2D eigenvalue weighted by Gasteiger charge is 2.65. The van der Waals surface area contributed by atoms with E-state index in [1.54, 1.807) is 6.92 Å². The summed E-state index contributed by atoms with van der Waals surface area (Å²) in [7, 11) is 0. The van der Waals surface area contributed by atoms with E-state index in [1.807, 2.05) is 0 Å². The van der Waals surface area contributed by atoms with Gasteiger partial charge < -0.3 is 14.9 Å². The standard InChI is InChI=1S/C26H38O3.C2H4O2/c1-17(27)26(28)15-12-23-21-9-8-18-16-20(29-19-6-4-5-7-19)10-13-24(18,2)22(21)11-14-25(23,26)3;1-2(3)4/h8,16,19,21-23,28H,4-7,9-15H2,1-3H3;1H3,(H,3,4)/t21-,22+,23+,24+,25+,26+;/m1./s1. The van der Waals surface area contributed by atoms with E-state index in [1.165, 1.54) is 43.4 Å². The SMILES string of the molecule is CC(=O)O.CC(=O)[C@@]1(O)CC[C@H]2[C@@H]3CC=C4C=C(OC5CCCC5)CC[C@]4(C)[C@H]3CC[C@@]21C. The molecule has 5 nitrogen and oxygen atoms in total. The molecular formula is C28H42O5. The summed E-state index contributed by atoms with van der Waals surface area (Å²) in [6, 6.07) is 0. The van der Waals surface area contributed by atoms with Gasteiger partial charge in [0.25, 0.3) is 5.97 Å².